The van der Waals surface area contributed by atoms with Gasteiger partial charge in [-0.2, -0.15) is 0 Å². The van der Waals surface area contributed by atoms with Crippen molar-refractivity contribution in [2.24, 2.45) is 0 Å². The second kappa shape index (κ2) is 7.28. The van der Waals surface area contributed by atoms with Crippen molar-refractivity contribution in [1.82, 2.24) is 19.8 Å². The number of hydrogen-bond acceptors (Lipinski definition) is 3. The van der Waals surface area contributed by atoms with E-state index in [1.54, 1.807) is 6.20 Å². The number of carbonyl (C=O) groups excluding carboxylic acids is 1. The lowest BCUT2D eigenvalue weighted by Gasteiger charge is -2.21. The van der Waals surface area contributed by atoms with Gasteiger partial charge in [0.05, 0.1) is 6.54 Å². The Morgan fingerprint density at radius 1 is 1.32 bits per heavy atom. The summed E-state index contributed by atoms with van der Waals surface area (Å²) in [4.78, 5) is 18.6. The van der Waals surface area contributed by atoms with Gasteiger partial charge in [-0.3, -0.25) is 4.79 Å². The zero-order valence-corrected chi connectivity index (χ0v) is 11.8. The number of carbonyl (C=O) groups is 1. The van der Waals surface area contributed by atoms with E-state index >= 15 is 0 Å². The van der Waals surface area contributed by atoms with E-state index in [2.05, 4.69) is 17.2 Å². The first-order valence-corrected chi connectivity index (χ1v) is 7.29. The van der Waals surface area contributed by atoms with Gasteiger partial charge in [-0.05, 0) is 19.4 Å². The Bertz CT molecular complexity index is 394. The van der Waals surface area contributed by atoms with Crippen LogP contribution in [0, 0.1) is 0 Å². The topological polar surface area (TPSA) is 50.2 Å². The number of likely N-dealkylation sites (tertiary alicyclic amines) is 1. The molecule has 2 rings (SSSR count). The van der Waals surface area contributed by atoms with Crippen LogP contribution in [-0.4, -0.2) is 40.0 Å². The van der Waals surface area contributed by atoms with Gasteiger partial charge in [0.15, 0.2) is 0 Å². The molecule has 106 valence electrons. The summed E-state index contributed by atoms with van der Waals surface area (Å²) in [5, 5.41) is 3.25. The van der Waals surface area contributed by atoms with Crippen molar-refractivity contribution in [3.05, 3.63) is 18.2 Å². The lowest BCUT2D eigenvalue weighted by molar-refractivity contribution is -0.131. The predicted octanol–water partition coefficient (Wildman–Crippen LogP) is 1.40. The fourth-order valence-corrected chi connectivity index (χ4v) is 2.45. The fraction of sp³-hybridized carbons (Fsp3) is 0.714. The largest absolute Gasteiger partial charge is 0.341 e. The molecule has 0 bridgehead atoms. The Balaban J connectivity index is 1.92. The van der Waals surface area contributed by atoms with Gasteiger partial charge in [0.1, 0.15) is 12.4 Å². The molecule has 0 saturated carbocycles. The fourth-order valence-electron chi connectivity index (χ4n) is 2.45. The van der Waals surface area contributed by atoms with Gasteiger partial charge in [-0.15, -0.1) is 0 Å². The molecule has 1 aliphatic rings. The molecular formula is C14H24N4O. The summed E-state index contributed by atoms with van der Waals surface area (Å²) in [6.45, 7) is 5.94. The third-order valence-corrected chi connectivity index (χ3v) is 3.60. The number of hydrogen-bond donors (Lipinski definition) is 1. The number of amides is 1. The van der Waals surface area contributed by atoms with Gasteiger partial charge in [-0.1, -0.05) is 19.8 Å². The third-order valence-electron chi connectivity index (χ3n) is 3.60. The van der Waals surface area contributed by atoms with Crippen LogP contribution in [0.5, 0.6) is 0 Å². The molecule has 5 heteroatoms. The van der Waals surface area contributed by atoms with E-state index in [1.165, 1.54) is 12.8 Å². The van der Waals surface area contributed by atoms with Crippen molar-refractivity contribution >= 4 is 5.91 Å². The summed E-state index contributed by atoms with van der Waals surface area (Å²) in [5.41, 5.74) is 0. The van der Waals surface area contributed by atoms with Crippen molar-refractivity contribution in [3.8, 4) is 0 Å². The maximum Gasteiger partial charge on any atom is 0.242 e. The summed E-state index contributed by atoms with van der Waals surface area (Å²) in [6.07, 6.45) is 8.44. The minimum absolute atomic E-state index is 0.220. The maximum absolute atomic E-state index is 12.3. The molecule has 0 spiro atoms. The smallest absolute Gasteiger partial charge is 0.242 e. The van der Waals surface area contributed by atoms with Crippen LogP contribution >= 0.6 is 0 Å². The van der Waals surface area contributed by atoms with Crippen molar-refractivity contribution in [3.63, 3.8) is 0 Å². The van der Waals surface area contributed by atoms with E-state index in [4.69, 9.17) is 0 Å². The summed E-state index contributed by atoms with van der Waals surface area (Å²) in [7, 11) is 0. The summed E-state index contributed by atoms with van der Waals surface area (Å²) >= 11 is 0. The summed E-state index contributed by atoms with van der Waals surface area (Å²) in [5.74, 6) is 1.16. The van der Waals surface area contributed by atoms with E-state index in [0.717, 1.165) is 44.8 Å². The Labute approximate surface area is 115 Å². The van der Waals surface area contributed by atoms with Crippen molar-refractivity contribution in [2.75, 3.05) is 19.6 Å². The van der Waals surface area contributed by atoms with E-state index in [9.17, 15) is 4.79 Å². The van der Waals surface area contributed by atoms with Crippen molar-refractivity contribution in [2.45, 2.75) is 45.7 Å². The Hall–Kier alpha value is -1.36. The molecule has 1 amide bonds. The van der Waals surface area contributed by atoms with Crippen LogP contribution in [0.15, 0.2) is 12.4 Å². The standard InChI is InChI=1S/C14H24N4O/c1-2-15-11-13-16-7-10-18(13)12-14(19)17-8-5-3-4-6-9-17/h7,10,15H,2-6,8-9,11-12H2,1H3. The molecule has 2 heterocycles. The van der Waals surface area contributed by atoms with Crippen LogP contribution in [-0.2, 0) is 17.9 Å². The Morgan fingerprint density at radius 2 is 2.05 bits per heavy atom. The highest BCUT2D eigenvalue weighted by Crippen LogP contribution is 2.10. The van der Waals surface area contributed by atoms with E-state index < -0.39 is 0 Å². The predicted molar refractivity (Wildman–Crippen MR) is 74.7 cm³/mol. The Morgan fingerprint density at radius 3 is 2.74 bits per heavy atom. The highest BCUT2D eigenvalue weighted by Gasteiger charge is 2.16. The molecule has 1 aromatic rings. The zero-order valence-electron chi connectivity index (χ0n) is 11.8. The van der Waals surface area contributed by atoms with Gasteiger partial charge < -0.3 is 14.8 Å². The third kappa shape index (κ3) is 4.06. The van der Waals surface area contributed by atoms with Gasteiger partial charge in [-0.25, -0.2) is 4.98 Å². The normalized spacial score (nSPS) is 16.4. The number of nitrogens with zero attached hydrogens (tertiary/aromatic N) is 3. The molecule has 1 fully saturated rings. The first-order chi connectivity index (χ1) is 9.31. The molecule has 5 nitrogen and oxygen atoms in total. The molecule has 1 aliphatic heterocycles. The van der Waals surface area contributed by atoms with Gasteiger partial charge >= 0.3 is 0 Å². The van der Waals surface area contributed by atoms with Crippen molar-refractivity contribution < 1.29 is 4.79 Å². The van der Waals surface area contributed by atoms with Crippen LogP contribution in [0.3, 0.4) is 0 Å². The van der Waals surface area contributed by atoms with Crippen LogP contribution in [0.25, 0.3) is 0 Å². The lowest BCUT2D eigenvalue weighted by atomic mass is 10.2. The van der Waals surface area contributed by atoms with E-state index in [0.29, 0.717) is 6.54 Å². The molecule has 1 aromatic heterocycles. The average Bonchev–Trinajstić information content (AvgIpc) is 2.67. The molecular weight excluding hydrogens is 240 g/mol. The van der Waals surface area contributed by atoms with Crippen molar-refractivity contribution in [1.29, 1.82) is 0 Å². The number of nitrogens with one attached hydrogen (secondary N) is 1. The van der Waals surface area contributed by atoms with Crippen LogP contribution < -0.4 is 5.32 Å². The second-order valence-electron chi connectivity index (χ2n) is 5.05. The molecule has 0 atom stereocenters. The molecule has 0 radical (unpaired) electrons. The molecule has 19 heavy (non-hydrogen) atoms. The minimum Gasteiger partial charge on any atom is -0.341 e. The first kappa shape index (κ1) is 14.1. The summed E-state index contributed by atoms with van der Waals surface area (Å²) in [6, 6.07) is 0. The molecule has 0 aromatic carbocycles. The SMILES string of the molecule is CCNCc1nccn1CC(=O)N1CCCCCC1. The first-order valence-electron chi connectivity index (χ1n) is 7.29. The number of imidazole rings is 1. The van der Waals surface area contributed by atoms with E-state index in [1.807, 2.05) is 15.7 Å². The zero-order chi connectivity index (χ0) is 13.5. The second-order valence-corrected chi connectivity index (χ2v) is 5.05. The van der Waals surface area contributed by atoms with Gasteiger partial charge in [0.25, 0.3) is 0 Å². The number of aromatic nitrogens is 2. The van der Waals surface area contributed by atoms with E-state index in [-0.39, 0.29) is 5.91 Å². The molecule has 0 aliphatic carbocycles. The maximum atomic E-state index is 12.3. The molecule has 1 N–H and O–H groups in total. The Kier molecular flexibility index (Phi) is 5.39. The quantitative estimate of drug-likeness (QED) is 0.874. The monoisotopic (exact) mass is 264 g/mol. The highest BCUT2D eigenvalue weighted by molar-refractivity contribution is 5.76. The molecule has 1 saturated heterocycles. The summed E-state index contributed by atoms with van der Waals surface area (Å²) < 4.78 is 1.95. The van der Waals surface area contributed by atoms with Crippen LogP contribution in [0.4, 0.5) is 0 Å². The van der Waals surface area contributed by atoms with Crippen LogP contribution in [0.2, 0.25) is 0 Å². The minimum atomic E-state index is 0.220. The van der Waals surface area contributed by atoms with Gasteiger partial charge in [0, 0.05) is 25.5 Å². The van der Waals surface area contributed by atoms with Crippen LogP contribution in [0.1, 0.15) is 38.4 Å². The van der Waals surface area contributed by atoms with Gasteiger partial charge in [0.2, 0.25) is 5.91 Å². The highest BCUT2D eigenvalue weighted by atomic mass is 16.2. The number of rotatable bonds is 5. The lowest BCUT2D eigenvalue weighted by Crippen LogP contribution is -2.35. The average molecular weight is 264 g/mol. The molecule has 0 unspecified atom stereocenters.